The summed E-state index contributed by atoms with van der Waals surface area (Å²) in [7, 11) is 0. The summed E-state index contributed by atoms with van der Waals surface area (Å²) < 4.78 is 0. The molecule has 0 radical (unpaired) electrons. The maximum Gasteiger partial charge on any atom is 0.306 e. The molecule has 0 bridgehead atoms. The molecular weight excluding hydrogens is 196 g/mol. The van der Waals surface area contributed by atoms with Gasteiger partial charge in [-0.1, -0.05) is 11.6 Å². The summed E-state index contributed by atoms with van der Waals surface area (Å²) >= 11 is 5.45. The van der Waals surface area contributed by atoms with Crippen LogP contribution in [0.1, 0.15) is 5.56 Å². The van der Waals surface area contributed by atoms with Gasteiger partial charge in [0.15, 0.2) is 0 Å². The highest BCUT2D eigenvalue weighted by molar-refractivity contribution is 6.31. The van der Waals surface area contributed by atoms with Crippen molar-refractivity contribution in [2.24, 2.45) is 0 Å². The fraction of sp³-hybridized carbons (Fsp3) is 0.143. The van der Waals surface area contributed by atoms with Gasteiger partial charge in [0.1, 0.15) is 6.29 Å². The fourth-order valence-electron chi connectivity index (χ4n) is 0.814. The lowest BCUT2D eigenvalue weighted by Gasteiger charge is -1.96. The van der Waals surface area contributed by atoms with Crippen LogP contribution in [0.25, 0.3) is 0 Å². The summed E-state index contributed by atoms with van der Waals surface area (Å²) in [5.74, 6) is 0. The normalized spacial score (nSPS) is 9.62. The second-order valence-corrected chi connectivity index (χ2v) is 2.64. The quantitative estimate of drug-likeness (QED) is 0.320. The molecule has 1 aromatic heterocycles. The van der Waals surface area contributed by atoms with Crippen molar-refractivity contribution in [1.82, 2.24) is 4.98 Å². The number of nitrogens with zero attached hydrogens (tertiary/aromatic N) is 2. The number of hydrogen-bond donors (Lipinski definition) is 0. The maximum absolute atomic E-state index is 10.4. The molecule has 1 rings (SSSR count). The number of hydrogen-bond acceptors (Lipinski definition) is 4. The van der Waals surface area contributed by atoms with Crippen molar-refractivity contribution in [2.45, 2.75) is 6.42 Å². The van der Waals surface area contributed by atoms with Crippen LogP contribution in [0.3, 0.4) is 0 Å². The monoisotopic (exact) mass is 200 g/mol. The molecule has 68 valence electrons. The van der Waals surface area contributed by atoms with E-state index in [0.29, 0.717) is 11.8 Å². The van der Waals surface area contributed by atoms with Gasteiger partial charge in [-0.25, -0.2) is 4.98 Å². The zero-order valence-electron chi connectivity index (χ0n) is 6.44. The first kappa shape index (κ1) is 9.60. The molecule has 13 heavy (non-hydrogen) atoms. The molecule has 0 unspecified atom stereocenters. The number of aromatic nitrogens is 1. The summed E-state index contributed by atoms with van der Waals surface area (Å²) in [4.78, 5) is 23.4. The Balaban J connectivity index is 3.10. The first-order chi connectivity index (χ1) is 6.15. The Kier molecular flexibility index (Phi) is 2.92. The summed E-state index contributed by atoms with van der Waals surface area (Å²) in [6, 6.07) is 1.24. The van der Waals surface area contributed by atoms with Crippen molar-refractivity contribution >= 4 is 23.6 Å². The average Bonchev–Trinajstić information content (AvgIpc) is 2.08. The van der Waals surface area contributed by atoms with E-state index >= 15 is 0 Å². The van der Waals surface area contributed by atoms with Crippen LogP contribution in [0.15, 0.2) is 12.3 Å². The molecule has 0 atom stereocenters. The van der Waals surface area contributed by atoms with Crippen LogP contribution in [0.2, 0.25) is 5.15 Å². The van der Waals surface area contributed by atoms with Crippen molar-refractivity contribution in [3.8, 4) is 0 Å². The van der Waals surface area contributed by atoms with E-state index in [9.17, 15) is 14.9 Å². The van der Waals surface area contributed by atoms with Gasteiger partial charge in [-0.3, -0.25) is 10.1 Å². The average molecular weight is 201 g/mol. The van der Waals surface area contributed by atoms with Gasteiger partial charge in [0.2, 0.25) is 5.15 Å². The Morgan fingerprint density at radius 3 is 2.92 bits per heavy atom. The zero-order chi connectivity index (χ0) is 9.84. The SMILES string of the molecule is O=CCc1cnc(Cl)c([N+](=O)[O-])c1. The van der Waals surface area contributed by atoms with Crippen molar-refractivity contribution in [2.75, 3.05) is 0 Å². The number of rotatable bonds is 3. The molecule has 0 saturated heterocycles. The third kappa shape index (κ3) is 2.22. The molecule has 0 N–H and O–H groups in total. The molecule has 0 amide bonds. The van der Waals surface area contributed by atoms with Crippen LogP contribution in [0, 0.1) is 10.1 Å². The summed E-state index contributed by atoms with van der Waals surface area (Å²) in [6.07, 6.45) is 2.09. The van der Waals surface area contributed by atoms with Crippen molar-refractivity contribution < 1.29 is 9.72 Å². The Labute approximate surface area is 78.5 Å². The first-order valence-electron chi connectivity index (χ1n) is 3.37. The molecule has 0 aliphatic rings. The highest BCUT2D eigenvalue weighted by atomic mass is 35.5. The Hall–Kier alpha value is -1.49. The molecule has 0 fully saturated rings. The Morgan fingerprint density at radius 2 is 2.38 bits per heavy atom. The largest absolute Gasteiger partial charge is 0.306 e. The van der Waals surface area contributed by atoms with Crippen LogP contribution in [-0.2, 0) is 11.2 Å². The minimum atomic E-state index is -0.635. The van der Waals surface area contributed by atoms with E-state index in [1.54, 1.807) is 0 Å². The molecule has 0 aliphatic carbocycles. The second kappa shape index (κ2) is 3.95. The van der Waals surface area contributed by atoms with Gasteiger partial charge in [-0.15, -0.1) is 0 Å². The lowest BCUT2D eigenvalue weighted by molar-refractivity contribution is -0.385. The predicted molar refractivity (Wildman–Crippen MR) is 45.7 cm³/mol. The fourth-order valence-corrected chi connectivity index (χ4v) is 0.986. The molecule has 0 saturated carbocycles. The number of nitro groups is 1. The number of carbonyl (C=O) groups is 1. The van der Waals surface area contributed by atoms with Crippen LogP contribution >= 0.6 is 11.6 Å². The number of pyridine rings is 1. The van der Waals surface area contributed by atoms with E-state index in [-0.39, 0.29) is 17.3 Å². The van der Waals surface area contributed by atoms with E-state index in [2.05, 4.69) is 4.98 Å². The third-order valence-electron chi connectivity index (χ3n) is 1.39. The Bertz CT molecular complexity index is 354. The van der Waals surface area contributed by atoms with Gasteiger partial charge in [-0.05, 0) is 5.56 Å². The standard InChI is InChI=1S/C7H5ClN2O3/c8-7-6(10(12)13)3-5(1-2-11)4-9-7/h2-4H,1H2. The molecule has 0 aromatic carbocycles. The van der Waals surface area contributed by atoms with Crippen LogP contribution in [-0.4, -0.2) is 16.2 Å². The first-order valence-corrected chi connectivity index (χ1v) is 3.75. The number of aldehydes is 1. The topological polar surface area (TPSA) is 73.1 Å². The molecular formula is C7H5ClN2O3. The number of halogens is 1. The van der Waals surface area contributed by atoms with Gasteiger partial charge < -0.3 is 4.79 Å². The van der Waals surface area contributed by atoms with Gasteiger partial charge in [0.25, 0.3) is 0 Å². The molecule has 1 heterocycles. The maximum atomic E-state index is 10.4. The minimum Gasteiger partial charge on any atom is -0.303 e. The van der Waals surface area contributed by atoms with Crippen LogP contribution < -0.4 is 0 Å². The van der Waals surface area contributed by atoms with Gasteiger partial charge in [0.05, 0.1) is 4.92 Å². The molecule has 0 spiro atoms. The molecule has 1 aromatic rings. The lowest BCUT2D eigenvalue weighted by Crippen LogP contribution is -1.94. The van der Waals surface area contributed by atoms with Crippen LogP contribution in [0.5, 0.6) is 0 Å². The Morgan fingerprint density at radius 1 is 1.69 bits per heavy atom. The highest BCUT2D eigenvalue weighted by Gasteiger charge is 2.13. The number of carbonyl (C=O) groups excluding carboxylic acids is 1. The van der Waals surface area contributed by atoms with E-state index in [4.69, 9.17) is 11.6 Å². The zero-order valence-corrected chi connectivity index (χ0v) is 7.19. The molecule has 5 nitrogen and oxygen atoms in total. The summed E-state index contributed by atoms with van der Waals surface area (Å²) in [5.41, 5.74) is 0.201. The second-order valence-electron chi connectivity index (χ2n) is 2.28. The third-order valence-corrected chi connectivity index (χ3v) is 1.68. The minimum absolute atomic E-state index is 0.102. The van der Waals surface area contributed by atoms with Gasteiger partial charge in [0, 0.05) is 18.7 Å². The molecule has 0 aliphatic heterocycles. The van der Waals surface area contributed by atoms with Crippen molar-refractivity contribution in [3.05, 3.63) is 33.1 Å². The predicted octanol–water partition coefficient (Wildman–Crippen LogP) is 1.38. The smallest absolute Gasteiger partial charge is 0.303 e. The summed E-state index contributed by atoms with van der Waals surface area (Å²) in [5, 5.41) is 10.2. The van der Waals surface area contributed by atoms with Gasteiger partial charge >= 0.3 is 5.69 Å². The van der Waals surface area contributed by atoms with E-state index in [1.165, 1.54) is 12.3 Å². The van der Waals surface area contributed by atoms with Crippen molar-refractivity contribution in [3.63, 3.8) is 0 Å². The highest BCUT2D eigenvalue weighted by Crippen LogP contribution is 2.22. The summed E-state index contributed by atoms with van der Waals surface area (Å²) in [6.45, 7) is 0. The lowest BCUT2D eigenvalue weighted by atomic mass is 10.2. The molecule has 6 heteroatoms. The van der Waals surface area contributed by atoms with Gasteiger partial charge in [-0.2, -0.15) is 0 Å². The van der Waals surface area contributed by atoms with E-state index in [1.807, 2.05) is 0 Å². The van der Waals surface area contributed by atoms with E-state index in [0.717, 1.165) is 0 Å². The van der Waals surface area contributed by atoms with E-state index < -0.39 is 4.92 Å². The van der Waals surface area contributed by atoms with Crippen LogP contribution in [0.4, 0.5) is 5.69 Å². The van der Waals surface area contributed by atoms with Crippen molar-refractivity contribution in [1.29, 1.82) is 0 Å².